The average Bonchev–Trinajstić information content (AvgIpc) is 2.95. The smallest absolute Gasteiger partial charge is 0.221 e. The van der Waals surface area contributed by atoms with E-state index in [-0.39, 0.29) is 5.91 Å². The molecule has 7 nitrogen and oxygen atoms in total. The third kappa shape index (κ3) is 2.80. The minimum absolute atomic E-state index is 0.102. The van der Waals surface area contributed by atoms with E-state index in [9.17, 15) is 4.79 Å². The van der Waals surface area contributed by atoms with Crippen molar-refractivity contribution in [3.8, 4) is 11.1 Å². The average molecular weight is 350 g/mol. The summed E-state index contributed by atoms with van der Waals surface area (Å²) in [6.07, 6.45) is 5.70. The quantitative estimate of drug-likeness (QED) is 0.669. The lowest BCUT2D eigenvalue weighted by Gasteiger charge is -2.35. The van der Waals surface area contributed by atoms with Crippen LogP contribution in [0.15, 0.2) is 36.8 Å². The highest BCUT2D eigenvalue weighted by Crippen LogP contribution is 2.42. The molecule has 4 rings (SSSR count). The number of nitrogens with zero attached hydrogens (tertiary/aromatic N) is 3. The van der Waals surface area contributed by atoms with Gasteiger partial charge in [-0.1, -0.05) is 12.1 Å². The van der Waals surface area contributed by atoms with Crippen LogP contribution in [-0.2, 0) is 4.79 Å². The molecule has 1 aliphatic rings. The maximum absolute atomic E-state index is 11.4. The van der Waals surface area contributed by atoms with Gasteiger partial charge in [0.2, 0.25) is 5.91 Å². The van der Waals surface area contributed by atoms with Gasteiger partial charge >= 0.3 is 0 Å². The number of carbonyl (C=O) groups is 1. The number of benzene rings is 1. The normalized spacial score (nSPS) is 19.3. The Morgan fingerprint density at radius 1 is 1.35 bits per heavy atom. The summed E-state index contributed by atoms with van der Waals surface area (Å²) in [4.78, 5) is 20.0. The van der Waals surface area contributed by atoms with Gasteiger partial charge < -0.3 is 21.4 Å². The lowest BCUT2D eigenvalue weighted by Crippen LogP contribution is -2.31. The Bertz CT molecular complexity index is 973. The Morgan fingerprint density at radius 2 is 2.15 bits per heavy atom. The minimum Gasteiger partial charge on any atom is -0.383 e. The van der Waals surface area contributed by atoms with E-state index >= 15 is 0 Å². The third-order valence-corrected chi connectivity index (χ3v) is 5.07. The molecule has 0 aliphatic heterocycles. The molecule has 0 bridgehead atoms. The topological polar surface area (TPSA) is 112 Å². The van der Waals surface area contributed by atoms with Crippen LogP contribution in [0.4, 0.5) is 11.5 Å². The number of nitrogens with two attached hydrogens (primary N) is 2. The predicted octanol–water partition coefficient (Wildman–Crippen LogP) is 2.55. The molecule has 3 aromatic rings. The van der Waals surface area contributed by atoms with Crippen LogP contribution in [0.3, 0.4) is 0 Å². The predicted molar refractivity (Wildman–Crippen MR) is 102 cm³/mol. The van der Waals surface area contributed by atoms with Crippen molar-refractivity contribution in [3.05, 3.63) is 36.8 Å². The number of fused-ring (bicyclic) bond motifs is 1. The fraction of sp³-hybridized carbons (Fsp3) is 0.316. The van der Waals surface area contributed by atoms with Crippen LogP contribution in [-0.4, -0.2) is 27.0 Å². The van der Waals surface area contributed by atoms with Gasteiger partial charge in [0.25, 0.3) is 0 Å². The Kier molecular flexibility index (Phi) is 4.08. The van der Waals surface area contributed by atoms with Crippen molar-refractivity contribution in [2.24, 2.45) is 11.7 Å². The van der Waals surface area contributed by atoms with Crippen LogP contribution in [0.5, 0.6) is 0 Å². The van der Waals surface area contributed by atoms with Gasteiger partial charge in [0, 0.05) is 30.4 Å². The number of nitrogen functional groups attached to an aromatic ring is 1. The fourth-order valence-electron chi connectivity index (χ4n) is 3.69. The summed E-state index contributed by atoms with van der Waals surface area (Å²) in [6.45, 7) is 2.22. The highest BCUT2D eigenvalue weighted by Gasteiger charge is 2.31. The molecular weight excluding hydrogens is 328 g/mol. The number of hydrogen-bond acceptors (Lipinski definition) is 5. The van der Waals surface area contributed by atoms with E-state index < -0.39 is 0 Å². The van der Waals surface area contributed by atoms with Crippen LogP contribution < -0.4 is 16.8 Å². The van der Waals surface area contributed by atoms with Gasteiger partial charge in [0.15, 0.2) is 0 Å². The molecule has 1 fully saturated rings. The van der Waals surface area contributed by atoms with Gasteiger partial charge in [-0.15, -0.1) is 0 Å². The van der Waals surface area contributed by atoms with E-state index in [1.165, 1.54) is 13.3 Å². The molecule has 7 heteroatoms. The fourth-order valence-corrected chi connectivity index (χ4v) is 3.69. The molecule has 2 aromatic heterocycles. The molecule has 0 spiro atoms. The number of aromatic nitrogens is 3. The third-order valence-electron chi connectivity index (χ3n) is 5.07. The second kappa shape index (κ2) is 6.42. The van der Waals surface area contributed by atoms with Gasteiger partial charge in [-0.2, -0.15) is 0 Å². The molecule has 5 N–H and O–H groups in total. The minimum atomic E-state index is -0.102. The molecule has 134 valence electrons. The maximum Gasteiger partial charge on any atom is 0.221 e. The monoisotopic (exact) mass is 350 g/mol. The van der Waals surface area contributed by atoms with E-state index in [1.54, 1.807) is 0 Å². The van der Waals surface area contributed by atoms with Crippen molar-refractivity contribution < 1.29 is 4.79 Å². The summed E-state index contributed by atoms with van der Waals surface area (Å²) in [7, 11) is 0. The zero-order chi connectivity index (χ0) is 18.3. The van der Waals surface area contributed by atoms with Crippen molar-refractivity contribution >= 4 is 28.4 Å². The lowest BCUT2D eigenvalue weighted by molar-refractivity contribution is -0.114. The van der Waals surface area contributed by atoms with Crippen LogP contribution in [0.25, 0.3) is 22.2 Å². The molecule has 0 saturated heterocycles. The van der Waals surface area contributed by atoms with Crippen molar-refractivity contribution in [1.29, 1.82) is 0 Å². The highest BCUT2D eigenvalue weighted by molar-refractivity contribution is 6.01. The molecular formula is C19H22N6O. The van der Waals surface area contributed by atoms with E-state index in [2.05, 4.69) is 26.0 Å². The molecule has 1 saturated carbocycles. The number of anilines is 2. The van der Waals surface area contributed by atoms with Crippen LogP contribution >= 0.6 is 0 Å². The summed E-state index contributed by atoms with van der Waals surface area (Å²) in [5.41, 5.74) is 15.5. The summed E-state index contributed by atoms with van der Waals surface area (Å²) in [5.74, 6) is 0.932. The van der Waals surface area contributed by atoms with Crippen LogP contribution in [0, 0.1) is 5.92 Å². The molecule has 26 heavy (non-hydrogen) atoms. The second-order valence-corrected chi connectivity index (χ2v) is 6.90. The number of carbonyl (C=O) groups excluding carboxylic acids is 1. The Morgan fingerprint density at radius 3 is 2.88 bits per heavy atom. The Balaban J connectivity index is 1.82. The zero-order valence-electron chi connectivity index (χ0n) is 14.6. The molecule has 1 aliphatic carbocycles. The molecule has 2 heterocycles. The number of hydrogen-bond donors (Lipinski definition) is 3. The summed E-state index contributed by atoms with van der Waals surface area (Å²) >= 11 is 0. The first-order valence-electron chi connectivity index (χ1n) is 8.76. The van der Waals surface area contributed by atoms with Crippen LogP contribution in [0.1, 0.15) is 25.8 Å². The van der Waals surface area contributed by atoms with Crippen molar-refractivity contribution in [3.63, 3.8) is 0 Å². The number of amides is 1. The molecule has 0 unspecified atom stereocenters. The van der Waals surface area contributed by atoms with Crippen molar-refractivity contribution in [2.45, 2.75) is 25.8 Å². The Labute approximate surface area is 151 Å². The number of rotatable bonds is 4. The van der Waals surface area contributed by atoms with E-state index in [0.29, 0.717) is 17.8 Å². The second-order valence-electron chi connectivity index (χ2n) is 6.90. The molecule has 1 aromatic carbocycles. The lowest BCUT2D eigenvalue weighted by atomic mass is 9.80. The Hall–Kier alpha value is -2.93. The first kappa shape index (κ1) is 16.5. The summed E-state index contributed by atoms with van der Waals surface area (Å²) < 4.78 is 2.19. The standard InChI is InChI=1S/C19H22N6O/c1-11(26)24-14-4-2-3-13(7-14)16-9-25(15-5-12(6-15)8-20)19-17(16)18(21)22-10-23-19/h2-4,7,9-10,12,15H,5-6,8,20H2,1H3,(H,24,26)(H2,21,22,23). The SMILES string of the molecule is CC(=O)Nc1cccc(-c2cn(C3CC(CN)C3)c3ncnc(N)c23)c1. The number of nitrogens with one attached hydrogen (secondary N) is 1. The molecule has 0 radical (unpaired) electrons. The van der Waals surface area contributed by atoms with Gasteiger partial charge in [-0.05, 0) is 43.0 Å². The molecule has 0 atom stereocenters. The van der Waals surface area contributed by atoms with E-state index in [0.717, 1.165) is 47.2 Å². The highest BCUT2D eigenvalue weighted by atomic mass is 16.1. The largest absolute Gasteiger partial charge is 0.383 e. The van der Waals surface area contributed by atoms with E-state index in [1.807, 2.05) is 24.3 Å². The van der Waals surface area contributed by atoms with E-state index in [4.69, 9.17) is 11.5 Å². The maximum atomic E-state index is 11.4. The first-order valence-corrected chi connectivity index (χ1v) is 8.76. The van der Waals surface area contributed by atoms with Gasteiger partial charge in [0.05, 0.1) is 5.39 Å². The zero-order valence-corrected chi connectivity index (χ0v) is 14.6. The summed E-state index contributed by atoms with van der Waals surface area (Å²) in [6, 6.07) is 8.10. The van der Waals surface area contributed by atoms with Crippen molar-refractivity contribution in [1.82, 2.24) is 14.5 Å². The van der Waals surface area contributed by atoms with Crippen molar-refractivity contribution in [2.75, 3.05) is 17.6 Å². The molecule has 1 amide bonds. The van der Waals surface area contributed by atoms with Gasteiger partial charge in [-0.3, -0.25) is 4.79 Å². The van der Waals surface area contributed by atoms with Crippen LogP contribution in [0.2, 0.25) is 0 Å². The first-order chi connectivity index (χ1) is 12.6. The summed E-state index contributed by atoms with van der Waals surface area (Å²) in [5, 5.41) is 3.67. The van der Waals surface area contributed by atoms with Gasteiger partial charge in [-0.25, -0.2) is 9.97 Å². The van der Waals surface area contributed by atoms with Gasteiger partial charge in [0.1, 0.15) is 17.8 Å².